The van der Waals surface area contributed by atoms with Gasteiger partial charge in [0.05, 0.1) is 0 Å². The fraction of sp³-hybridized carbons (Fsp3) is 1.00. The van der Waals surface area contributed by atoms with E-state index in [0.717, 1.165) is 5.92 Å². The molecule has 2 nitrogen and oxygen atoms in total. The van der Waals surface area contributed by atoms with Crippen molar-refractivity contribution in [1.29, 1.82) is 0 Å². The van der Waals surface area contributed by atoms with Crippen molar-refractivity contribution < 1.29 is 0 Å². The van der Waals surface area contributed by atoms with Crippen LogP contribution in [0.4, 0.5) is 0 Å². The van der Waals surface area contributed by atoms with Gasteiger partial charge in [0.1, 0.15) is 0 Å². The third-order valence-electron chi connectivity index (χ3n) is 4.94. The fourth-order valence-electron chi connectivity index (χ4n) is 3.14. The van der Waals surface area contributed by atoms with Crippen LogP contribution in [0.3, 0.4) is 0 Å². The third-order valence-corrected chi connectivity index (χ3v) is 4.94. The van der Waals surface area contributed by atoms with Crippen LogP contribution in [0.15, 0.2) is 0 Å². The van der Waals surface area contributed by atoms with Crippen molar-refractivity contribution in [2.75, 3.05) is 33.2 Å². The van der Waals surface area contributed by atoms with Crippen molar-refractivity contribution in [3.63, 3.8) is 0 Å². The van der Waals surface area contributed by atoms with Gasteiger partial charge in [-0.3, -0.25) is 0 Å². The molecule has 0 aromatic rings. The number of hydrogen-bond donors (Lipinski definition) is 1. The first-order valence-corrected chi connectivity index (χ1v) is 7.13. The first-order chi connectivity index (χ1) is 7.74. The predicted octanol–water partition coefficient (Wildman–Crippen LogP) is 2.50. The second-order valence-electron chi connectivity index (χ2n) is 6.08. The topological polar surface area (TPSA) is 15.3 Å². The van der Waals surface area contributed by atoms with Crippen LogP contribution < -0.4 is 5.32 Å². The lowest BCUT2D eigenvalue weighted by Crippen LogP contribution is -2.42. The van der Waals surface area contributed by atoms with E-state index in [1.54, 1.807) is 0 Å². The molecule has 94 valence electrons. The number of nitrogens with zero attached hydrogens (tertiary/aromatic N) is 1. The monoisotopic (exact) mass is 224 g/mol. The maximum atomic E-state index is 3.75. The van der Waals surface area contributed by atoms with Crippen molar-refractivity contribution in [1.82, 2.24) is 10.2 Å². The molecule has 1 aliphatic heterocycles. The van der Waals surface area contributed by atoms with Gasteiger partial charge in [0.15, 0.2) is 0 Å². The number of piperidine rings is 1. The average Bonchev–Trinajstić information content (AvgIpc) is 2.25. The summed E-state index contributed by atoms with van der Waals surface area (Å²) in [6, 6.07) is 0. The van der Waals surface area contributed by atoms with E-state index in [1.165, 1.54) is 64.7 Å². The van der Waals surface area contributed by atoms with Gasteiger partial charge in [0, 0.05) is 6.54 Å². The van der Waals surface area contributed by atoms with Gasteiger partial charge in [-0.25, -0.2) is 0 Å². The molecule has 2 fully saturated rings. The summed E-state index contributed by atoms with van der Waals surface area (Å²) < 4.78 is 0. The molecule has 0 spiro atoms. The highest BCUT2D eigenvalue weighted by molar-refractivity contribution is 4.88. The van der Waals surface area contributed by atoms with Crippen molar-refractivity contribution in [3.8, 4) is 0 Å². The van der Waals surface area contributed by atoms with Gasteiger partial charge in [0.2, 0.25) is 0 Å². The summed E-state index contributed by atoms with van der Waals surface area (Å²) in [5.74, 6) is 0.935. The highest BCUT2D eigenvalue weighted by Gasteiger charge is 2.34. The van der Waals surface area contributed by atoms with E-state index in [4.69, 9.17) is 0 Å². The molecule has 0 atom stereocenters. The van der Waals surface area contributed by atoms with Gasteiger partial charge in [-0.15, -0.1) is 0 Å². The second kappa shape index (κ2) is 5.50. The minimum Gasteiger partial charge on any atom is -0.316 e. The Kier molecular flexibility index (Phi) is 4.26. The van der Waals surface area contributed by atoms with Gasteiger partial charge in [-0.1, -0.05) is 13.3 Å². The van der Waals surface area contributed by atoms with Gasteiger partial charge < -0.3 is 10.2 Å². The second-order valence-corrected chi connectivity index (χ2v) is 6.08. The zero-order chi connectivity index (χ0) is 11.4. The average molecular weight is 224 g/mol. The van der Waals surface area contributed by atoms with E-state index in [0.29, 0.717) is 5.41 Å². The summed E-state index contributed by atoms with van der Waals surface area (Å²) in [6.07, 6.45) is 8.54. The van der Waals surface area contributed by atoms with Crippen LogP contribution in [0.5, 0.6) is 0 Å². The molecule has 2 rings (SSSR count). The molecule has 1 heterocycles. The van der Waals surface area contributed by atoms with Crippen molar-refractivity contribution >= 4 is 0 Å². The molecule has 1 aliphatic carbocycles. The zero-order valence-corrected chi connectivity index (χ0v) is 11.1. The quantitative estimate of drug-likeness (QED) is 0.772. The maximum Gasteiger partial charge on any atom is 0.000782 e. The minimum absolute atomic E-state index is 0.686. The molecule has 1 saturated carbocycles. The molecule has 0 bridgehead atoms. The van der Waals surface area contributed by atoms with Crippen LogP contribution in [-0.2, 0) is 0 Å². The van der Waals surface area contributed by atoms with Crippen LogP contribution in [-0.4, -0.2) is 38.1 Å². The van der Waals surface area contributed by atoms with E-state index in [1.807, 2.05) is 0 Å². The van der Waals surface area contributed by atoms with Crippen LogP contribution in [0.25, 0.3) is 0 Å². The predicted molar refractivity (Wildman–Crippen MR) is 69.7 cm³/mol. The van der Waals surface area contributed by atoms with Gasteiger partial charge >= 0.3 is 0 Å². The van der Waals surface area contributed by atoms with Crippen LogP contribution >= 0.6 is 0 Å². The lowest BCUT2D eigenvalue weighted by atomic mass is 9.67. The summed E-state index contributed by atoms with van der Waals surface area (Å²) in [5.41, 5.74) is 0.686. The molecule has 2 heteroatoms. The Balaban J connectivity index is 1.61. The van der Waals surface area contributed by atoms with Crippen molar-refractivity contribution in [2.45, 2.75) is 45.4 Å². The number of likely N-dealkylation sites (tertiary alicyclic amines) is 1. The molecule has 0 aromatic carbocycles. The number of hydrogen-bond acceptors (Lipinski definition) is 2. The smallest absolute Gasteiger partial charge is 0.000782 e. The summed E-state index contributed by atoms with van der Waals surface area (Å²) in [4.78, 5) is 2.45. The third kappa shape index (κ3) is 2.98. The molecule has 1 saturated heterocycles. The first kappa shape index (κ1) is 12.4. The Hall–Kier alpha value is -0.0800. The Morgan fingerprint density at radius 3 is 2.44 bits per heavy atom. The number of rotatable bonds is 5. The van der Waals surface area contributed by atoms with Gasteiger partial charge in [-0.05, 0) is 70.1 Å². The summed E-state index contributed by atoms with van der Waals surface area (Å²) >= 11 is 0. The van der Waals surface area contributed by atoms with E-state index in [9.17, 15) is 0 Å². The Morgan fingerprint density at radius 1 is 1.25 bits per heavy atom. The Bertz CT molecular complexity index is 197. The van der Waals surface area contributed by atoms with Crippen molar-refractivity contribution in [3.05, 3.63) is 0 Å². The molecular formula is C14H28N2. The summed E-state index contributed by atoms with van der Waals surface area (Å²) in [6.45, 7) is 7.48. The first-order valence-electron chi connectivity index (χ1n) is 7.13. The summed E-state index contributed by atoms with van der Waals surface area (Å²) in [5, 5.41) is 3.75. The van der Waals surface area contributed by atoms with Crippen molar-refractivity contribution in [2.24, 2.45) is 11.3 Å². The SMILES string of the molecule is CCC1(CNCC2CCN(C)CC2)CCC1. The molecule has 1 N–H and O–H groups in total. The zero-order valence-electron chi connectivity index (χ0n) is 11.1. The Labute approximate surface area is 101 Å². The highest BCUT2D eigenvalue weighted by Crippen LogP contribution is 2.43. The minimum atomic E-state index is 0.686. The summed E-state index contributed by atoms with van der Waals surface area (Å²) in [7, 11) is 2.24. The lowest BCUT2D eigenvalue weighted by Gasteiger charge is -2.42. The van der Waals surface area contributed by atoms with Crippen LogP contribution in [0, 0.1) is 11.3 Å². The molecule has 0 aromatic heterocycles. The molecule has 0 unspecified atom stereocenters. The lowest BCUT2D eigenvalue weighted by molar-refractivity contribution is 0.119. The molecule has 16 heavy (non-hydrogen) atoms. The Morgan fingerprint density at radius 2 is 1.94 bits per heavy atom. The number of nitrogens with one attached hydrogen (secondary N) is 1. The maximum absolute atomic E-state index is 3.75. The van der Waals surface area contributed by atoms with Crippen LogP contribution in [0.2, 0.25) is 0 Å². The normalized spacial score (nSPS) is 26.6. The molecule has 0 radical (unpaired) electrons. The highest BCUT2D eigenvalue weighted by atomic mass is 15.1. The van der Waals surface area contributed by atoms with E-state index in [2.05, 4.69) is 24.2 Å². The fourth-order valence-corrected chi connectivity index (χ4v) is 3.14. The van der Waals surface area contributed by atoms with Gasteiger partial charge in [-0.2, -0.15) is 0 Å². The molecule has 2 aliphatic rings. The molecule has 0 amide bonds. The largest absolute Gasteiger partial charge is 0.316 e. The molecular weight excluding hydrogens is 196 g/mol. The van der Waals surface area contributed by atoms with Crippen LogP contribution in [0.1, 0.15) is 45.4 Å². The van der Waals surface area contributed by atoms with E-state index >= 15 is 0 Å². The van der Waals surface area contributed by atoms with E-state index < -0.39 is 0 Å². The standard InChI is InChI=1S/C14H28N2/c1-3-14(7-4-8-14)12-15-11-13-5-9-16(2)10-6-13/h13,15H,3-12H2,1-2H3. The van der Waals surface area contributed by atoms with E-state index in [-0.39, 0.29) is 0 Å². The van der Waals surface area contributed by atoms with Gasteiger partial charge in [0.25, 0.3) is 0 Å².